The number of aromatic nitrogens is 2. The number of hydrogen-bond donors (Lipinski definition) is 1. The molecule has 0 radical (unpaired) electrons. The molecule has 0 unspecified atom stereocenters. The summed E-state index contributed by atoms with van der Waals surface area (Å²) in [7, 11) is 1.92. The highest BCUT2D eigenvalue weighted by atomic mass is 32.1. The Morgan fingerprint density at radius 1 is 1.58 bits per heavy atom. The van der Waals surface area contributed by atoms with Crippen molar-refractivity contribution in [3.05, 3.63) is 27.2 Å². The smallest absolute Gasteiger partial charge is 0.347 e. The molecule has 3 rings (SSSR count). The molecular formula is C12H13N3O2S2. The Hall–Kier alpha value is -1.47. The number of nitrogens with zero attached hydrogens (tertiary/aromatic N) is 3. The second-order valence-electron chi connectivity index (χ2n) is 4.63. The molecule has 1 aliphatic carbocycles. The normalized spacial score (nSPS) is 14.6. The summed E-state index contributed by atoms with van der Waals surface area (Å²) in [4.78, 5) is 22.3. The van der Waals surface area contributed by atoms with Crippen LogP contribution in [0.25, 0.3) is 0 Å². The average Bonchev–Trinajstić information content (AvgIpc) is 2.92. The predicted octanol–water partition coefficient (Wildman–Crippen LogP) is 2.81. The number of anilines is 1. The first-order chi connectivity index (χ1) is 9.15. The van der Waals surface area contributed by atoms with Crippen molar-refractivity contribution < 1.29 is 9.90 Å². The fourth-order valence-corrected chi connectivity index (χ4v) is 3.40. The minimum Gasteiger partial charge on any atom is -0.477 e. The van der Waals surface area contributed by atoms with Gasteiger partial charge in [-0.2, -0.15) is 0 Å². The van der Waals surface area contributed by atoms with Crippen LogP contribution in [0.2, 0.25) is 0 Å². The quantitative estimate of drug-likeness (QED) is 0.918. The van der Waals surface area contributed by atoms with Crippen LogP contribution in [0.4, 0.5) is 5.13 Å². The number of aromatic carboxylic acids is 1. The molecule has 0 saturated heterocycles. The molecule has 0 bridgehead atoms. The minimum absolute atomic E-state index is 0.351. The average molecular weight is 295 g/mol. The van der Waals surface area contributed by atoms with Crippen LogP contribution in [0.1, 0.15) is 39.8 Å². The Morgan fingerprint density at radius 3 is 2.95 bits per heavy atom. The third-order valence-electron chi connectivity index (χ3n) is 3.01. The molecule has 1 fully saturated rings. The SMILES string of the molecule is CN(Cc1cscn1)c1nc(C2CC2)c(C(=O)O)s1. The third kappa shape index (κ3) is 2.62. The Kier molecular flexibility index (Phi) is 3.24. The van der Waals surface area contributed by atoms with Crippen molar-refractivity contribution in [2.24, 2.45) is 0 Å². The summed E-state index contributed by atoms with van der Waals surface area (Å²) in [6.45, 7) is 0.653. The van der Waals surface area contributed by atoms with Crippen molar-refractivity contribution in [1.29, 1.82) is 0 Å². The van der Waals surface area contributed by atoms with E-state index < -0.39 is 5.97 Å². The summed E-state index contributed by atoms with van der Waals surface area (Å²) >= 11 is 2.81. The van der Waals surface area contributed by atoms with Crippen LogP contribution >= 0.6 is 22.7 Å². The van der Waals surface area contributed by atoms with Gasteiger partial charge in [-0.3, -0.25) is 0 Å². The van der Waals surface area contributed by atoms with Gasteiger partial charge in [0.25, 0.3) is 0 Å². The molecule has 2 aromatic rings. The number of carboxylic acid groups (broad SMARTS) is 1. The number of hydrogen-bond acceptors (Lipinski definition) is 6. The van der Waals surface area contributed by atoms with Crippen molar-refractivity contribution in [1.82, 2.24) is 9.97 Å². The van der Waals surface area contributed by atoms with Crippen molar-refractivity contribution >= 4 is 33.8 Å². The second-order valence-corrected chi connectivity index (χ2v) is 6.32. The number of thiazole rings is 2. The summed E-state index contributed by atoms with van der Waals surface area (Å²) in [5, 5.41) is 12.0. The van der Waals surface area contributed by atoms with Crippen molar-refractivity contribution in [2.45, 2.75) is 25.3 Å². The topological polar surface area (TPSA) is 66.3 Å². The summed E-state index contributed by atoms with van der Waals surface area (Å²) in [6.07, 6.45) is 2.11. The van der Waals surface area contributed by atoms with E-state index >= 15 is 0 Å². The molecule has 5 nitrogen and oxygen atoms in total. The fraction of sp³-hybridized carbons (Fsp3) is 0.417. The van der Waals surface area contributed by atoms with Gasteiger partial charge in [-0.05, 0) is 12.8 Å². The molecule has 2 heterocycles. The van der Waals surface area contributed by atoms with Gasteiger partial charge in [-0.15, -0.1) is 11.3 Å². The highest BCUT2D eigenvalue weighted by Crippen LogP contribution is 2.44. The van der Waals surface area contributed by atoms with E-state index in [9.17, 15) is 9.90 Å². The molecule has 0 spiro atoms. The molecule has 2 aromatic heterocycles. The first-order valence-electron chi connectivity index (χ1n) is 5.97. The predicted molar refractivity (Wildman–Crippen MR) is 75.3 cm³/mol. The second kappa shape index (κ2) is 4.90. The molecule has 0 amide bonds. The lowest BCUT2D eigenvalue weighted by atomic mass is 10.2. The van der Waals surface area contributed by atoms with E-state index in [2.05, 4.69) is 9.97 Å². The minimum atomic E-state index is -0.868. The Balaban J connectivity index is 1.84. The summed E-state index contributed by atoms with van der Waals surface area (Å²) in [6, 6.07) is 0. The Labute approximate surface area is 118 Å². The van der Waals surface area contributed by atoms with Gasteiger partial charge in [-0.25, -0.2) is 14.8 Å². The summed E-state index contributed by atoms with van der Waals surface area (Å²) in [5.74, 6) is -0.517. The molecule has 0 aromatic carbocycles. The Morgan fingerprint density at radius 2 is 2.37 bits per heavy atom. The maximum absolute atomic E-state index is 11.2. The first-order valence-corrected chi connectivity index (χ1v) is 7.73. The van der Waals surface area contributed by atoms with E-state index in [1.54, 1.807) is 16.8 Å². The van der Waals surface area contributed by atoms with Gasteiger partial charge < -0.3 is 10.0 Å². The van der Waals surface area contributed by atoms with Gasteiger partial charge in [0.15, 0.2) is 5.13 Å². The lowest BCUT2D eigenvalue weighted by Gasteiger charge is -2.13. The molecule has 1 aliphatic rings. The zero-order chi connectivity index (χ0) is 13.4. The van der Waals surface area contributed by atoms with Crippen LogP contribution in [-0.4, -0.2) is 28.1 Å². The van der Waals surface area contributed by atoms with Gasteiger partial charge in [0.2, 0.25) is 0 Å². The third-order valence-corrected chi connectivity index (χ3v) is 4.82. The van der Waals surface area contributed by atoms with Gasteiger partial charge in [-0.1, -0.05) is 11.3 Å². The molecule has 7 heteroatoms. The van der Waals surface area contributed by atoms with Gasteiger partial charge >= 0.3 is 5.97 Å². The molecule has 19 heavy (non-hydrogen) atoms. The van der Waals surface area contributed by atoms with Crippen LogP contribution in [-0.2, 0) is 6.54 Å². The summed E-state index contributed by atoms with van der Waals surface area (Å²) in [5.41, 5.74) is 3.54. The molecule has 0 atom stereocenters. The van der Waals surface area contributed by atoms with Gasteiger partial charge in [0.1, 0.15) is 4.88 Å². The van der Waals surface area contributed by atoms with Crippen molar-refractivity contribution in [3.8, 4) is 0 Å². The van der Waals surface area contributed by atoms with Crippen LogP contribution < -0.4 is 4.90 Å². The number of carboxylic acids is 1. The molecule has 1 N–H and O–H groups in total. The molecule has 0 aliphatic heterocycles. The van der Waals surface area contributed by atoms with E-state index in [1.165, 1.54) is 11.3 Å². The van der Waals surface area contributed by atoms with E-state index in [4.69, 9.17) is 0 Å². The van der Waals surface area contributed by atoms with Crippen molar-refractivity contribution in [2.75, 3.05) is 11.9 Å². The van der Waals surface area contributed by atoms with E-state index in [1.807, 2.05) is 17.3 Å². The van der Waals surface area contributed by atoms with Crippen LogP contribution in [0.5, 0.6) is 0 Å². The number of carbonyl (C=O) groups is 1. The van der Waals surface area contributed by atoms with E-state index in [0.29, 0.717) is 17.3 Å². The largest absolute Gasteiger partial charge is 0.477 e. The van der Waals surface area contributed by atoms with Crippen LogP contribution in [0.3, 0.4) is 0 Å². The van der Waals surface area contributed by atoms with Crippen LogP contribution in [0.15, 0.2) is 10.9 Å². The maximum atomic E-state index is 11.2. The maximum Gasteiger partial charge on any atom is 0.347 e. The van der Waals surface area contributed by atoms with Gasteiger partial charge in [0.05, 0.1) is 23.4 Å². The van der Waals surface area contributed by atoms with E-state index in [-0.39, 0.29) is 0 Å². The number of rotatable bonds is 5. The lowest BCUT2D eigenvalue weighted by Crippen LogP contribution is -2.16. The van der Waals surface area contributed by atoms with Crippen LogP contribution in [0, 0.1) is 0 Å². The molecular weight excluding hydrogens is 282 g/mol. The molecule has 100 valence electrons. The lowest BCUT2D eigenvalue weighted by molar-refractivity contribution is 0.0700. The highest BCUT2D eigenvalue weighted by molar-refractivity contribution is 7.17. The van der Waals surface area contributed by atoms with Gasteiger partial charge in [0, 0.05) is 18.3 Å². The highest BCUT2D eigenvalue weighted by Gasteiger charge is 2.32. The standard InChI is InChI=1S/C12H13N3O2S2/c1-15(4-8-5-18-6-13-8)12-14-9(7-2-3-7)10(19-12)11(16)17/h5-7H,2-4H2,1H3,(H,16,17). The van der Waals surface area contributed by atoms with Crippen molar-refractivity contribution in [3.63, 3.8) is 0 Å². The monoisotopic (exact) mass is 295 g/mol. The fourth-order valence-electron chi connectivity index (χ4n) is 1.90. The zero-order valence-electron chi connectivity index (χ0n) is 10.4. The van der Waals surface area contributed by atoms with E-state index in [0.717, 1.165) is 29.4 Å². The zero-order valence-corrected chi connectivity index (χ0v) is 12.0. The first kappa shape index (κ1) is 12.6. The Bertz CT molecular complexity index is 590. The molecule has 1 saturated carbocycles. The summed E-state index contributed by atoms with van der Waals surface area (Å²) < 4.78 is 0.